The van der Waals surface area contributed by atoms with E-state index >= 15 is 0 Å². The van der Waals surface area contributed by atoms with Crippen molar-refractivity contribution >= 4 is 17.4 Å². The predicted octanol–water partition coefficient (Wildman–Crippen LogP) is 4.77. The first kappa shape index (κ1) is 14.1. The van der Waals surface area contributed by atoms with Gasteiger partial charge in [-0.05, 0) is 18.6 Å². The van der Waals surface area contributed by atoms with Gasteiger partial charge in [-0.3, -0.25) is 4.79 Å². The topological polar surface area (TPSA) is 17.1 Å². The Bertz CT molecular complexity index is 405. The average molecular weight is 261 g/mol. The monoisotopic (exact) mass is 260 g/mol. The van der Waals surface area contributed by atoms with E-state index in [0.717, 1.165) is 37.8 Å². The van der Waals surface area contributed by atoms with Crippen molar-refractivity contribution < 1.29 is 13.6 Å². The van der Waals surface area contributed by atoms with Gasteiger partial charge in [0.15, 0.2) is 17.4 Å². The molecule has 0 radical (unpaired) electrons. The molecule has 94 valence electrons. The minimum Gasteiger partial charge on any atom is -0.294 e. The van der Waals surface area contributed by atoms with Gasteiger partial charge >= 0.3 is 0 Å². The van der Waals surface area contributed by atoms with Gasteiger partial charge in [-0.25, -0.2) is 8.78 Å². The Labute approximate surface area is 105 Å². The van der Waals surface area contributed by atoms with Crippen LogP contribution >= 0.6 is 11.6 Å². The minimum atomic E-state index is -1.04. The van der Waals surface area contributed by atoms with Crippen molar-refractivity contribution in [1.29, 1.82) is 0 Å². The molecule has 0 spiro atoms. The van der Waals surface area contributed by atoms with Gasteiger partial charge in [0.05, 0.1) is 5.02 Å². The highest BCUT2D eigenvalue weighted by atomic mass is 35.5. The number of carbonyl (C=O) groups excluding carboxylic acids is 1. The molecular weight excluding hydrogens is 246 g/mol. The molecule has 0 N–H and O–H groups in total. The molecule has 0 aromatic heterocycles. The number of rotatable bonds is 6. The molecule has 0 saturated heterocycles. The second-order valence-electron chi connectivity index (χ2n) is 3.98. The van der Waals surface area contributed by atoms with Crippen LogP contribution in [0.3, 0.4) is 0 Å². The van der Waals surface area contributed by atoms with Crippen LogP contribution in [0.15, 0.2) is 12.1 Å². The molecule has 17 heavy (non-hydrogen) atoms. The van der Waals surface area contributed by atoms with Crippen molar-refractivity contribution in [3.63, 3.8) is 0 Å². The molecule has 1 aromatic carbocycles. The number of hydrogen-bond donors (Lipinski definition) is 0. The summed E-state index contributed by atoms with van der Waals surface area (Å²) < 4.78 is 25.8. The molecule has 0 amide bonds. The van der Waals surface area contributed by atoms with E-state index in [9.17, 15) is 13.6 Å². The third-order valence-electron chi connectivity index (χ3n) is 2.57. The summed E-state index contributed by atoms with van der Waals surface area (Å²) in [6.45, 7) is 2.08. The zero-order valence-corrected chi connectivity index (χ0v) is 10.5. The lowest BCUT2D eigenvalue weighted by Crippen LogP contribution is -2.02. The van der Waals surface area contributed by atoms with Gasteiger partial charge in [0.25, 0.3) is 0 Å². The van der Waals surface area contributed by atoms with Crippen molar-refractivity contribution in [1.82, 2.24) is 0 Å². The highest BCUT2D eigenvalue weighted by Crippen LogP contribution is 2.22. The lowest BCUT2D eigenvalue weighted by molar-refractivity contribution is 0.0978. The summed E-state index contributed by atoms with van der Waals surface area (Å²) in [4.78, 5) is 11.7. The molecule has 0 aliphatic heterocycles. The van der Waals surface area contributed by atoms with Crippen LogP contribution in [0.25, 0.3) is 0 Å². The van der Waals surface area contributed by atoms with Crippen molar-refractivity contribution in [2.45, 2.75) is 39.0 Å². The summed E-state index contributed by atoms with van der Waals surface area (Å²) in [5.41, 5.74) is 0.0714. The summed E-state index contributed by atoms with van der Waals surface area (Å²) in [5.74, 6) is -2.30. The lowest BCUT2D eigenvalue weighted by Gasteiger charge is -2.04. The van der Waals surface area contributed by atoms with Gasteiger partial charge in [0.1, 0.15) is 0 Å². The van der Waals surface area contributed by atoms with E-state index in [1.165, 1.54) is 0 Å². The normalized spacial score (nSPS) is 10.6. The molecule has 0 aliphatic rings. The summed E-state index contributed by atoms with van der Waals surface area (Å²) in [6, 6.07) is 1.72. The van der Waals surface area contributed by atoms with Crippen LogP contribution in [0.2, 0.25) is 5.02 Å². The lowest BCUT2D eigenvalue weighted by atomic mass is 10.0. The van der Waals surface area contributed by atoms with Crippen LogP contribution in [-0.4, -0.2) is 5.78 Å². The standard InChI is InChI=1S/C13H15ClF2O/c1-2-3-4-5-6-13(17)9-7-11(15)12(16)8-10(9)14/h7-8H,2-6H2,1H3. The summed E-state index contributed by atoms with van der Waals surface area (Å²) in [7, 11) is 0. The Kier molecular flexibility index (Phi) is 5.56. The molecule has 0 atom stereocenters. The fourth-order valence-corrected chi connectivity index (χ4v) is 1.84. The summed E-state index contributed by atoms with van der Waals surface area (Å²) in [5, 5.41) is -0.0237. The van der Waals surface area contributed by atoms with Gasteiger partial charge in [0, 0.05) is 12.0 Å². The Morgan fingerprint density at radius 2 is 1.82 bits per heavy atom. The molecule has 0 bridgehead atoms. The first-order valence-corrected chi connectivity index (χ1v) is 6.11. The third kappa shape index (κ3) is 4.08. The second-order valence-corrected chi connectivity index (χ2v) is 4.39. The molecule has 0 unspecified atom stereocenters. The molecule has 0 heterocycles. The molecular formula is C13H15ClF2O. The number of ketones is 1. The van der Waals surface area contributed by atoms with Crippen molar-refractivity contribution in [3.8, 4) is 0 Å². The van der Waals surface area contributed by atoms with E-state index in [2.05, 4.69) is 6.92 Å². The number of benzene rings is 1. The summed E-state index contributed by atoms with van der Waals surface area (Å²) in [6.07, 6.45) is 4.19. The SMILES string of the molecule is CCCCCCC(=O)c1cc(F)c(F)cc1Cl. The molecule has 0 fully saturated rings. The molecule has 1 aromatic rings. The van der Waals surface area contributed by atoms with E-state index in [0.29, 0.717) is 6.42 Å². The molecule has 4 heteroatoms. The second kappa shape index (κ2) is 6.70. The molecule has 1 nitrogen and oxygen atoms in total. The first-order valence-electron chi connectivity index (χ1n) is 5.74. The molecule has 0 saturated carbocycles. The van der Waals surface area contributed by atoms with Crippen LogP contribution in [0.4, 0.5) is 8.78 Å². The van der Waals surface area contributed by atoms with E-state index in [4.69, 9.17) is 11.6 Å². The maximum atomic E-state index is 13.0. The Balaban J connectivity index is 2.66. The Hall–Kier alpha value is -0.960. The van der Waals surface area contributed by atoms with Gasteiger partial charge in [-0.1, -0.05) is 37.8 Å². The number of hydrogen-bond acceptors (Lipinski definition) is 1. The predicted molar refractivity (Wildman–Crippen MR) is 64.5 cm³/mol. The average Bonchev–Trinajstić information content (AvgIpc) is 2.29. The third-order valence-corrected chi connectivity index (χ3v) is 2.88. The molecule has 0 aliphatic carbocycles. The number of Topliss-reactive ketones (excluding diaryl/α,β-unsaturated/α-hetero) is 1. The van der Waals surface area contributed by atoms with Crippen LogP contribution < -0.4 is 0 Å². The Morgan fingerprint density at radius 3 is 2.47 bits per heavy atom. The zero-order valence-electron chi connectivity index (χ0n) is 9.73. The van der Waals surface area contributed by atoms with E-state index in [1.807, 2.05) is 0 Å². The van der Waals surface area contributed by atoms with Gasteiger partial charge in [0.2, 0.25) is 0 Å². The van der Waals surface area contributed by atoms with Gasteiger partial charge < -0.3 is 0 Å². The maximum Gasteiger partial charge on any atom is 0.164 e. The van der Waals surface area contributed by atoms with Crippen LogP contribution in [0.1, 0.15) is 49.4 Å². The van der Waals surface area contributed by atoms with Crippen molar-refractivity contribution in [2.75, 3.05) is 0 Å². The van der Waals surface area contributed by atoms with Gasteiger partial charge in [-0.2, -0.15) is 0 Å². The fourth-order valence-electron chi connectivity index (χ4n) is 1.58. The summed E-state index contributed by atoms with van der Waals surface area (Å²) >= 11 is 5.71. The van der Waals surface area contributed by atoms with Crippen LogP contribution in [0, 0.1) is 11.6 Å². The smallest absolute Gasteiger partial charge is 0.164 e. The quantitative estimate of drug-likeness (QED) is 0.409. The largest absolute Gasteiger partial charge is 0.294 e. The maximum absolute atomic E-state index is 13.0. The van der Waals surface area contributed by atoms with Crippen LogP contribution in [0.5, 0.6) is 0 Å². The fraction of sp³-hybridized carbons (Fsp3) is 0.462. The zero-order chi connectivity index (χ0) is 12.8. The first-order chi connectivity index (χ1) is 8.06. The van der Waals surface area contributed by atoms with E-state index < -0.39 is 11.6 Å². The van der Waals surface area contributed by atoms with Crippen molar-refractivity contribution in [2.24, 2.45) is 0 Å². The van der Waals surface area contributed by atoms with E-state index in [-0.39, 0.29) is 16.4 Å². The minimum absolute atomic E-state index is 0.0237. The van der Waals surface area contributed by atoms with E-state index in [1.54, 1.807) is 0 Å². The highest BCUT2D eigenvalue weighted by molar-refractivity contribution is 6.33. The highest BCUT2D eigenvalue weighted by Gasteiger charge is 2.14. The van der Waals surface area contributed by atoms with Crippen molar-refractivity contribution in [3.05, 3.63) is 34.4 Å². The Morgan fingerprint density at radius 1 is 1.18 bits per heavy atom. The van der Waals surface area contributed by atoms with Gasteiger partial charge in [-0.15, -0.1) is 0 Å². The number of unbranched alkanes of at least 4 members (excludes halogenated alkanes) is 3. The van der Waals surface area contributed by atoms with Crippen LogP contribution in [-0.2, 0) is 0 Å². The molecule has 1 rings (SSSR count). The number of halogens is 3. The number of carbonyl (C=O) groups is 1.